The third kappa shape index (κ3) is 8.96. The molecule has 2 amide bonds. The van der Waals surface area contributed by atoms with Crippen LogP contribution in [0.2, 0.25) is 10.0 Å². The Kier molecular flexibility index (Phi) is 10.7. The molecule has 3 aromatic rings. The summed E-state index contributed by atoms with van der Waals surface area (Å²) in [6.45, 7) is -0.427. The lowest BCUT2D eigenvalue weighted by Crippen LogP contribution is -2.55. The number of rotatable bonds is 11. The molecule has 0 unspecified atom stereocenters. The Morgan fingerprint density at radius 2 is 1.51 bits per heavy atom. The molecule has 3 aromatic carbocycles. The minimum absolute atomic E-state index is 0.0385. The second-order valence-corrected chi connectivity index (χ2v) is 13.2. The van der Waals surface area contributed by atoms with Crippen LogP contribution in [0.1, 0.15) is 43.2 Å². The largest absolute Gasteiger partial charge is 0.352 e. The second-order valence-electron chi connectivity index (χ2n) is 10.5. The molecular weight excluding hydrogens is 581 g/mol. The van der Waals surface area contributed by atoms with E-state index < -0.39 is 28.5 Å². The first kappa shape index (κ1) is 30.9. The molecule has 41 heavy (non-hydrogen) atoms. The van der Waals surface area contributed by atoms with Crippen LogP contribution in [0.25, 0.3) is 0 Å². The number of hydrogen-bond acceptors (Lipinski definition) is 4. The van der Waals surface area contributed by atoms with E-state index >= 15 is 0 Å². The van der Waals surface area contributed by atoms with Crippen molar-refractivity contribution < 1.29 is 18.0 Å². The molecule has 0 spiro atoms. The summed E-state index contributed by atoms with van der Waals surface area (Å²) in [6, 6.07) is 22.1. The quantitative estimate of drug-likeness (QED) is 0.293. The van der Waals surface area contributed by atoms with Crippen molar-refractivity contribution in [2.45, 2.75) is 57.2 Å². The van der Waals surface area contributed by atoms with Gasteiger partial charge >= 0.3 is 0 Å². The van der Waals surface area contributed by atoms with Gasteiger partial charge in [0, 0.05) is 29.1 Å². The first-order valence-corrected chi connectivity index (χ1v) is 16.3. The van der Waals surface area contributed by atoms with E-state index in [2.05, 4.69) is 5.32 Å². The van der Waals surface area contributed by atoms with Gasteiger partial charge < -0.3 is 10.2 Å². The van der Waals surface area contributed by atoms with Gasteiger partial charge in [0.2, 0.25) is 21.8 Å². The van der Waals surface area contributed by atoms with E-state index in [1.165, 1.54) is 11.0 Å². The van der Waals surface area contributed by atoms with Gasteiger partial charge in [-0.2, -0.15) is 0 Å². The molecule has 10 heteroatoms. The topological polar surface area (TPSA) is 86.8 Å². The van der Waals surface area contributed by atoms with Crippen LogP contribution in [0.15, 0.2) is 78.9 Å². The van der Waals surface area contributed by atoms with Crippen LogP contribution >= 0.6 is 23.2 Å². The number of halogens is 2. The predicted molar refractivity (Wildman–Crippen MR) is 165 cm³/mol. The fraction of sp³-hybridized carbons (Fsp3) is 0.355. The fourth-order valence-electron chi connectivity index (χ4n) is 5.18. The zero-order valence-electron chi connectivity index (χ0n) is 23.0. The number of benzene rings is 3. The van der Waals surface area contributed by atoms with E-state index in [9.17, 15) is 18.0 Å². The lowest BCUT2D eigenvalue weighted by Gasteiger charge is -2.35. The zero-order chi connectivity index (χ0) is 29.4. The van der Waals surface area contributed by atoms with Crippen molar-refractivity contribution >= 4 is 50.7 Å². The van der Waals surface area contributed by atoms with Crippen molar-refractivity contribution in [3.63, 3.8) is 0 Å². The lowest BCUT2D eigenvalue weighted by atomic mass is 9.94. The predicted octanol–water partition coefficient (Wildman–Crippen LogP) is 5.85. The van der Waals surface area contributed by atoms with Gasteiger partial charge in [-0.3, -0.25) is 13.9 Å². The average molecular weight is 617 g/mol. The standard InChI is InChI=1S/C31H35Cl2N3O4S/c1-41(39,40)36(28-17-9-14-26(33)20-28)22-30(37)35(21-24-12-8-13-25(32)18-24)29(19-23-10-4-2-5-11-23)31(38)34-27-15-6-3-7-16-27/h2,4-5,8-14,17-18,20,27,29H,3,6-7,15-16,19,21-22H2,1H3,(H,34,38)/t29-/m1/s1. The van der Waals surface area contributed by atoms with Crippen molar-refractivity contribution in [3.05, 3.63) is 100 Å². The highest BCUT2D eigenvalue weighted by molar-refractivity contribution is 7.92. The third-order valence-electron chi connectivity index (χ3n) is 7.24. The van der Waals surface area contributed by atoms with Crippen molar-refractivity contribution in [2.24, 2.45) is 0 Å². The van der Waals surface area contributed by atoms with Crippen LogP contribution in [0.5, 0.6) is 0 Å². The molecule has 1 fully saturated rings. The molecule has 1 N–H and O–H groups in total. The summed E-state index contributed by atoms with van der Waals surface area (Å²) in [5, 5.41) is 4.03. The minimum atomic E-state index is -3.86. The lowest BCUT2D eigenvalue weighted by molar-refractivity contribution is -0.140. The summed E-state index contributed by atoms with van der Waals surface area (Å²) in [5.41, 5.74) is 1.88. The number of nitrogens with zero attached hydrogens (tertiary/aromatic N) is 2. The Morgan fingerprint density at radius 1 is 0.878 bits per heavy atom. The number of sulfonamides is 1. The van der Waals surface area contributed by atoms with Crippen molar-refractivity contribution in [1.29, 1.82) is 0 Å². The highest BCUT2D eigenvalue weighted by Gasteiger charge is 2.34. The number of hydrogen-bond donors (Lipinski definition) is 1. The van der Waals surface area contributed by atoms with E-state index in [0.717, 1.165) is 53.8 Å². The average Bonchev–Trinajstić information content (AvgIpc) is 2.94. The monoisotopic (exact) mass is 615 g/mol. The van der Waals surface area contributed by atoms with Crippen LogP contribution in [0, 0.1) is 0 Å². The number of carbonyl (C=O) groups is 2. The number of nitrogens with one attached hydrogen (secondary N) is 1. The summed E-state index contributed by atoms with van der Waals surface area (Å²) in [5.74, 6) is -0.778. The van der Waals surface area contributed by atoms with Crippen molar-refractivity contribution in [1.82, 2.24) is 10.2 Å². The molecule has 0 bridgehead atoms. The second kappa shape index (κ2) is 14.2. The van der Waals surface area contributed by atoms with Crippen LogP contribution < -0.4 is 9.62 Å². The van der Waals surface area contributed by atoms with Gasteiger partial charge in [-0.25, -0.2) is 8.42 Å². The smallest absolute Gasteiger partial charge is 0.244 e. The Labute approximate surface area is 252 Å². The molecule has 1 saturated carbocycles. The Morgan fingerprint density at radius 3 is 2.15 bits per heavy atom. The highest BCUT2D eigenvalue weighted by atomic mass is 35.5. The van der Waals surface area contributed by atoms with Crippen LogP contribution in [0.3, 0.4) is 0 Å². The summed E-state index contributed by atoms with van der Waals surface area (Å²) >= 11 is 12.4. The Bertz CT molecular complexity index is 1450. The third-order valence-corrected chi connectivity index (χ3v) is 8.85. The maximum atomic E-state index is 14.2. The van der Waals surface area contributed by atoms with E-state index in [0.29, 0.717) is 10.0 Å². The maximum Gasteiger partial charge on any atom is 0.244 e. The van der Waals surface area contributed by atoms with Crippen LogP contribution in [0.4, 0.5) is 5.69 Å². The SMILES string of the molecule is CS(=O)(=O)N(CC(=O)N(Cc1cccc(Cl)c1)[C@H](Cc1ccccc1)C(=O)NC1CCCCC1)c1cccc(Cl)c1. The summed E-state index contributed by atoms with van der Waals surface area (Å²) in [6.07, 6.45) is 6.32. The molecule has 0 aromatic heterocycles. The van der Waals surface area contributed by atoms with Gasteiger partial charge in [0.05, 0.1) is 11.9 Å². The molecule has 4 rings (SSSR count). The molecule has 0 heterocycles. The van der Waals surface area contributed by atoms with Gasteiger partial charge in [0.25, 0.3) is 0 Å². The molecule has 1 aliphatic rings. The number of carbonyl (C=O) groups excluding carboxylic acids is 2. The van der Waals surface area contributed by atoms with E-state index in [1.807, 2.05) is 36.4 Å². The number of anilines is 1. The van der Waals surface area contributed by atoms with Crippen molar-refractivity contribution in [3.8, 4) is 0 Å². The summed E-state index contributed by atoms with van der Waals surface area (Å²) in [7, 11) is -3.86. The molecule has 218 valence electrons. The number of amides is 2. The molecular formula is C31H35Cl2N3O4S. The molecule has 0 saturated heterocycles. The van der Waals surface area contributed by atoms with Gasteiger partial charge in [-0.1, -0.05) is 91.0 Å². The van der Waals surface area contributed by atoms with E-state index in [1.54, 1.807) is 36.4 Å². The fourth-order valence-corrected chi connectivity index (χ4v) is 6.41. The van der Waals surface area contributed by atoms with Gasteiger partial charge in [-0.05, 0) is 54.3 Å². The molecule has 1 atom stereocenters. The summed E-state index contributed by atoms with van der Waals surface area (Å²) < 4.78 is 26.8. The molecule has 1 aliphatic carbocycles. The van der Waals surface area contributed by atoms with E-state index in [-0.39, 0.29) is 30.6 Å². The normalized spacial score (nSPS) is 14.7. The minimum Gasteiger partial charge on any atom is -0.352 e. The summed E-state index contributed by atoms with van der Waals surface area (Å²) in [4.78, 5) is 29.6. The first-order valence-electron chi connectivity index (χ1n) is 13.7. The van der Waals surface area contributed by atoms with Crippen LogP contribution in [-0.4, -0.2) is 50.0 Å². The Balaban J connectivity index is 1.72. The van der Waals surface area contributed by atoms with Crippen LogP contribution in [-0.2, 0) is 32.6 Å². The Hall–Kier alpha value is -3.07. The van der Waals surface area contributed by atoms with Gasteiger partial charge in [0.1, 0.15) is 12.6 Å². The zero-order valence-corrected chi connectivity index (χ0v) is 25.3. The van der Waals surface area contributed by atoms with Gasteiger partial charge in [0.15, 0.2) is 0 Å². The first-order chi connectivity index (χ1) is 19.6. The molecule has 0 radical (unpaired) electrons. The van der Waals surface area contributed by atoms with E-state index in [4.69, 9.17) is 23.2 Å². The maximum absolute atomic E-state index is 14.2. The molecule has 0 aliphatic heterocycles. The molecule has 7 nitrogen and oxygen atoms in total. The van der Waals surface area contributed by atoms with Crippen molar-refractivity contribution in [2.75, 3.05) is 17.1 Å². The highest BCUT2D eigenvalue weighted by Crippen LogP contribution is 2.24. The van der Waals surface area contributed by atoms with Gasteiger partial charge in [-0.15, -0.1) is 0 Å².